The van der Waals surface area contributed by atoms with E-state index in [9.17, 15) is 13.2 Å². The first kappa shape index (κ1) is 18.0. The van der Waals surface area contributed by atoms with Gasteiger partial charge in [0.15, 0.2) is 0 Å². The molecule has 0 aliphatic heterocycles. The quantitative estimate of drug-likeness (QED) is 0.892. The van der Waals surface area contributed by atoms with Crippen LogP contribution >= 0.6 is 0 Å². The second kappa shape index (κ2) is 7.05. The van der Waals surface area contributed by atoms with Crippen LogP contribution in [0.1, 0.15) is 55.1 Å². The van der Waals surface area contributed by atoms with E-state index >= 15 is 0 Å². The van der Waals surface area contributed by atoms with Crippen molar-refractivity contribution in [2.45, 2.75) is 57.1 Å². The average Bonchev–Trinajstić information content (AvgIpc) is 2.90. The van der Waals surface area contributed by atoms with Gasteiger partial charge in [-0.05, 0) is 25.7 Å². The molecule has 6 nitrogen and oxygen atoms in total. The molecule has 1 aromatic heterocycles. The van der Waals surface area contributed by atoms with Crippen LogP contribution in [0.4, 0.5) is 0 Å². The molecule has 1 aliphatic carbocycles. The summed E-state index contributed by atoms with van der Waals surface area (Å²) in [4.78, 5) is 12.5. The fourth-order valence-corrected chi connectivity index (χ4v) is 3.90. The fourth-order valence-electron chi connectivity index (χ4n) is 3.04. The molecule has 1 N–H and O–H groups in total. The number of hydrogen-bond acceptors (Lipinski definition) is 4. The molecular formula is C16H26N2O4S. The van der Waals surface area contributed by atoms with E-state index in [0.29, 0.717) is 17.2 Å². The molecule has 2 rings (SSSR count). The number of carbonyl (C=O) groups is 1. The number of aryl methyl sites for hydroxylation is 1. The first-order valence-electron chi connectivity index (χ1n) is 8.09. The van der Waals surface area contributed by atoms with E-state index in [1.165, 1.54) is 26.6 Å². The topological polar surface area (TPSA) is 79.6 Å². The van der Waals surface area contributed by atoms with Crippen LogP contribution in [0.2, 0.25) is 0 Å². The van der Waals surface area contributed by atoms with Gasteiger partial charge in [-0.1, -0.05) is 26.2 Å². The van der Waals surface area contributed by atoms with E-state index in [0.717, 1.165) is 30.0 Å². The first-order valence-corrected chi connectivity index (χ1v) is 9.53. The Bertz CT molecular complexity index is 664. The lowest BCUT2D eigenvalue weighted by molar-refractivity contribution is 0.0917. The van der Waals surface area contributed by atoms with Gasteiger partial charge in [-0.15, -0.1) is 0 Å². The largest absolute Gasteiger partial charge is 0.448 e. The van der Waals surface area contributed by atoms with E-state index in [2.05, 4.69) is 12.2 Å². The van der Waals surface area contributed by atoms with Crippen LogP contribution in [0.3, 0.4) is 0 Å². The summed E-state index contributed by atoms with van der Waals surface area (Å²) in [6.07, 6.45) is 5.43. The molecule has 2 unspecified atom stereocenters. The van der Waals surface area contributed by atoms with Crippen molar-refractivity contribution in [3.63, 3.8) is 0 Å². The molecule has 1 heterocycles. The van der Waals surface area contributed by atoms with Gasteiger partial charge in [-0.2, -0.15) is 0 Å². The Morgan fingerprint density at radius 3 is 2.70 bits per heavy atom. The fraction of sp³-hybridized carbons (Fsp3) is 0.688. The van der Waals surface area contributed by atoms with Gasteiger partial charge >= 0.3 is 0 Å². The van der Waals surface area contributed by atoms with E-state index in [4.69, 9.17) is 4.42 Å². The van der Waals surface area contributed by atoms with Gasteiger partial charge in [-0.3, -0.25) is 4.79 Å². The zero-order chi connectivity index (χ0) is 17.2. The van der Waals surface area contributed by atoms with Gasteiger partial charge in [0.05, 0.1) is 5.56 Å². The normalized spacial score (nSPS) is 22.3. The molecule has 0 saturated heterocycles. The van der Waals surface area contributed by atoms with Crippen LogP contribution in [0.25, 0.3) is 0 Å². The first-order chi connectivity index (χ1) is 10.8. The number of hydrogen-bond donors (Lipinski definition) is 1. The number of nitrogens with one attached hydrogen (secondary N) is 1. The van der Waals surface area contributed by atoms with Crippen LogP contribution in [0, 0.1) is 12.8 Å². The number of nitrogens with zero attached hydrogens (tertiary/aromatic N) is 1. The van der Waals surface area contributed by atoms with E-state index < -0.39 is 10.0 Å². The summed E-state index contributed by atoms with van der Waals surface area (Å²) in [6.45, 7) is 3.78. The molecule has 1 amide bonds. The summed E-state index contributed by atoms with van der Waals surface area (Å²) in [5.41, 5.74) is 0.295. The maximum absolute atomic E-state index is 12.5. The Hall–Kier alpha value is -1.34. The van der Waals surface area contributed by atoms with Crippen molar-refractivity contribution in [2.24, 2.45) is 5.92 Å². The predicted molar refractivity (Wildman–Crippen MR) is 87.8 cm³/mol. The van der Waals surface area contributed by atoms with E-state index in [1.54, 1.807) is 6.92 Å². The van der Waals surface area contributed by atoms with Gasteiger partial charge in [-0.25, -0.2) is 12.7 Å². The van der Waals surface area contributed by atoms with Crippen molar-refractivity contribution < 1.29 is 17.6 Å². The maximum atomic E-state index is 12.5. The van der Waals surface area contributed by atoms with Crippen molar-refractivity contribution >= 4 is 15.9 Å². The molecule has 0 spiro atoms. The molecule has 0 aromatic carbocycles. The van der Waals surface area contributed by atoms with Gasteiger partial charge in [0.25, 0.3) is 15.9 Å². The zero-order valence-electron chi connectivity index (χ0n) is 14.3. The third-order valence-corrected chi connectivity index (χ3v) is 6.24. The molecule has 1 aliphatic rings. The summed E-state index contributed by atoms with van der Waals surface area (Å²) in [6, 6.07) is 1.48. The number of carbonyl (C=O) groups excluding carboxylic acids is 1. The minimum atomic E-state index is -3.67. The molecule has 0 radical (unpaired) electrons. The SMILES string of the molecule is CCC1CCCC(NC(=O)c2cc(S(=O)(=O)N(C)C)oc2C)C1. The van der Waals surface area contributed by atoms with Crippen molar-refractivity contribution in [1.82, 2.24) is 9.62 Å². The molecule has 23 heavy (non-hydrogen) atoms. The monoisotopic (exact) mass is 342 g/mol. The Balaban J connectivity index is 2.13. The Kier molecular flexibility index (Phi) is 5.52. The minimum Gasteiger partial charge on any atom is -0.448 e. The lowest BCUT2D eigenvalue weighted by atomic mass is 9.84. The lowest BCUT2D eigenvalue weighted by Gasteiger charge is -2.29. The summed E-state index contributed by atoms with van der Waals surface area (Å²) in [7, 11) is -0.810. The molecule has 130 valence electrons. The number of furan rings is 1. The minimum absolute atomic E-state index is 0.157. The van der Waals surface area contributed by atoms with Crippen molar-refractivity contribution in [1.29, 1.82) is 0 Å². The van der Waals surface area contributed by atoms with Crippen LogP contribution in [-0.2, 0) is 10.0 Å². The van der Waals surface area contributed by atoms with E-state index in [1.807, 2.05) is 0 Å². The highest BCUT2D eigenvalue weighted by molar-refractivity contribution is 7.88. The summed E-state index contributed by atoms with van der Waals surface area (Å²) >= 11 is 0. The highest BCUT2D eigenvalue weighted by atomic mass is 32.2. The Morgan fingerprint density at radius 2 is 2.09 bits per heavy atom. The second-order valence-corrected chi connectivity index (χ2v) is 8.52. The third kappa shape index (κ3) is 3.95. The second-order valence-electron chi connectivity index (χ2n) is 6.43. The van der Waals surface area contributed by atoms with Gasteiger partial charge in [0.1, 0.15) is 5.76 Å². The number of rotatable bonds is 5. The van der Waals surface area contributed by atoms with Crippen molar-refractivity contribution in [2.75, 3.05) is 14.1 Å². The van der Waals surface area contributed by atoms with Gasteiger partial charge in [0, 0.05) is 26.2 Å². The molecule has 1 aromatic rings. The average molecular weight is 342 g/mol. The molecule has 0 bridgehead atoms. The molecule has 7 heteroatoms. The van der Waals surface area contributed by atoms with E-state index in [-0.39, 0.29) is 17.0 Å². The zero-order valence-corrected chi connectivity index (χ0v) is 15.1. The maximum Gasteiger partial charge on any atom is 0.275 e. The van der Waals surface area contributed by atoms with Crippen LogP contribution < -0.4 is 5.32 Å². The van der Waals surface area contributed by atoms with Crippen LogP contribution in [0.5, 0.6) is 0 Å². The molecule has 1 saturated carbocycles. The molecular weight excluding hydrogens is 316 g/mol. The highest BCUT2D eigenvalue weighted by Crippen LogP contribution is 2.27. The predicted octanol–water partition coefficient (Wildman–Crippen LogP) is 2.54. The number of sulfonamides is 1. The molecule has 2 atom stereocenters. The lowest BCUT2D eigenvalue weighted by Crippen LogP contribution is -2.38. The smallest absolute Gasteiger partial charge is 0.275 e. The van der Waals surface area contributed by atoms with Gasteiger partial charge < -0.3 is 9.73 Å². The van der Waals surface area contributed by atoms with Crippen molar-refractivity contribution in [3.05, 3.63) is 17.4 Å². The Morgan fingerprint density at radius 1 is 1.39 bits per heavy atom. The Labute approximate surface area is 138 Å². The van der Waals surface area contributed by atoms with Crippen molar-refractivity contribution in [3.8, 4) is 0 Å². The summed E-state index contributed by atoms with van der Waals surface area (Å²) < 4.78 is 30.6. The molecule has 1 fully saturated rings. The van der Waals surface area contributed by atoms with Crippen LogP contribution in [0.15, 0.2) is 15.6 Å². The standard InChI is InChI=1S/C16H26N2O4S/c1-5-12-7-6-8-13(9-12)17-16(19)14-10-15(22-11(14)2)23(20,21)18(3)4/h10,12-13H,5-9H2,1-4H3,(H,17,19). The summed E-state index contributed by atoms with van der Waals surface area (Å²) in [5, 5.41) is 2.83. The van der Waals surface area contributed by atoms with Crippen LogP contribution in [-0.4, -0.2) is 38.8 Å². The summed E-state index contributed by atoms with van der Waals surface area (Å²) in [5.74, 6) is 0.725. The number of amides is 1. The van der Waals surface area contributed by atoms with Gasteiger partial charge in [0.2, 0.25) is 5.09 Å². The third-order valence-electron chi connectivity index (χ3n) is 4.57. The highest BCUT2D eigenvalue weighted by Gasteiger charge is 2.28.